The highest BCUT2D eigenvalue weighted by atomic mass is 16.6. The number of esters is 1. The van der Waals surface area contributed by atoms with Gasteiger partial charge in [0, 0.05) is 6.61 Å². The van der Waals surface area contributed by atoms with Gasteiger partial charge < -0.3 is 14.2 Å². The molecule has 0 amide bonds. The molecule has 2 atom stereocenters. The minimum atomic E-state index is -0.458. The van der Waals surface area contributed by atoms with E-state index in [9.17, 15) is 4.79 Å². The van der Waals surface area contributed by atoms with E-state index in [2.05, 4.69) is 0 Å². The minimum Gasteiger partial charge on any atom is -0.464 e. The maximum absolute atomic E-state index is 11.6. The fourth-order valence-electron chi connectivity index (χ4n) is 1.34. The summed E-state index contributed by atoms with van der Waals surface area (Å²) in [5.41, 5.74) is 0. The summed E-state index contributed by atoms with van der Waals surface area (Å²) in [5, 5.41) is 0. The van der Waals surface area contributed by atoms with Crippen LogP contribution in [0.15, 0.2) is 0 Å². The highest BCUT2D eigenvalue weighted by molar-refractivity contribution is 5.74. The van der Waals surface area contributed by atoms with Crippen molar-refractivity contribution < 1.29 is 19.0 Å². The molecule has 0 aromatic heterocycles. The summed E-state index contributed by atoms with van der Waals surface area (Å²) in [6.45, 7) is 9.20. The Morgan fingerprint density at radius 1 is 1.19 bits per heavy atom. The highest BCUT2D eigenvalue weighted by Crippen LogP contribution is 2.08. The van der Waals surface area contributed by atoms with E-state index >= 15 is 0 Å². The first kappa shape index (κ1) is 15.4. The Hall–Kier alpha value is -0.610. The standard InChI is InChI=1S/C12H24O4/c1-5-8-11(12(13)15-7-3)16-10(4)9-14-6-2/h10-11H,5-9H2,1-4H3. The van der Waals surface area contributed by atoms with Crippen LogP contribution in [-0.2, 0) is 19.0 Å². The van der Waals surface area contributed by atoms with Crippen LogP contribution in [0.5, 0.6) is 0 Å². The van der Waals surface area contributed by atoms with Gasteiger partial charge in [0.05, 0.1) is 19.3 Å². The third-order valence-electron chi connectivity index (χ3n) is 2.05. The quantitative estimate of drug-likeness (QED) is 0.571. The molecule has 4 nitrogen and oxygen atoms in total. The molecule has 0 aromatic carbocycles. The largest absolute Gasteiger partial charge is 0.464 e. The third-order valence-corrected chi connectivity index (χ3v) is 2.05. The molecule has 2 unspecified atom stereocenters. The lowest BCUT2D eigenvalue weighted by molar-refractivity contribution is -0.162. The minimum absolute atomic E-state index is 0.0825. The van der Waals surface area contributed by atoms with Gasteiger partial charge in [0.15, 0.2) is 6.10 Å². The maximum atomic E-state index is 11.6. The second kappa shape index (κ2) is 9.60. The summed E-state index contributed by atoms with van der Waals surface area (Å²) in [7, 11) is 0. The summed E-state index contributed by atoms with van der Waals surface area (Å²) in [6.07, 6.45) is 1.04. The topological polar surface area (TPSA) is 44.8 Å². The molecule has 0 bridgehead atoms. The molecule has 0 saturated heterocycles. The predicted molar refractivity (Wildman–Crippen MR) is 62.4 cm³/mol. The van der Waals surface area contributed by atoms with Crippen LogP contribution in [0.3, 0.4) is 0 Å². The molecule has 0 saturated carbocycles. The van der Waals surface area contributed by atoms with Crippen molar-refractivity contribution in [3.8, 4) is 0 Å². The normalized spacial score (nSPS) is 14.5. The average molecular weight is 232 g/mol. The second-order valence-corrected chi connectivity index (χ2v) is 3.64. The van der Waals surface area contributed by atoms with Gasteiger partial charge in [-0.15, -0.1) is 0 Å². The van der Waals surface area contributed by atoms with E-state index in [1.54, 1.807) is 6.92 Å². The third kappa shape index (κ3) is 6.80. The molecule has 0 spiro atoms. The zero-order valence-corrected chi connectivity index (χ0v) is 10.8. The Kier molecular flexibility index (Phi) is 9.24. The number of carbonyl (C=O) groups excluding carboxylic acids is 1. The Morgan fingerprint density at radius 3 is 2.38 bits per heavy atom. The average Bonchev–Trinajstić information content (AvgIpc) is 2.26. The van der Waals surface area contributed by atoms with Crippen molar-refractivity contribution >= 4 is 5.97 Å². The van der Waals surface area contributed by atoms with E-state index in [0.29, 0.717) is 26.2 Å². The van der Waals surface area contributed by atoms with Crippen molar-refractivity contribution in [2.24, 2.45) is 0 Å². The number of hydrogen-bond acceptors (Lipinski definition) is 4. The summed E-state index contributed by atoms with van der Waals surface area (Å²) in [5.74, 6) is -0.271. The van der Waals surface area contributed by atoms with Gasteiger partial charge in [0.1, 0.15) is 0 Å². The van der Waals surface area contributed by atoms with Gasteiger partial charge in [0.25, 0.3) is 0 Å². The van der Waals surface area contributed by atoms with Crippen LogP contribution in [0, 0.1) is 0 Å². The molecule has 0 aromatic rings. The summed E-state index contributed by atoms with van der Waals surface area (Å²) < 4.78 is 15.8. The van der Waals surface area contributed by atoms with Crippen LogP contribution >= 0.6 is 0 Å². The smallest absolute Gasteiger partial charge is 0.335 e. The van der Waals surface area contributed by atoms with Crippen LogP contribution in [0.25, 0.3) is 0 Å². The SMILES string of the molecule is CCCC(OC(C)COCC)C(=O)OCC. The Morgan fingerprint density at radius 2 is 1.88 bits per heavy atom. The number of ether oxygens (including phenoxy) is 3. The van der Waals surface area contributed by atoms with E-state index in [1.807, 2.05) is 20.8 Å². The molecule has 0 radical (unpaired) electrons. The first-order valence-electron chi connectivity index (χ1n) is 6.05. The van der Waals surface area contributed by atoms with Gasteiger partial charge in [-0.2, -0.15) is 0 Å². The molecule has 0 aliphatic rings. The van der Waals surface area contributed by atoms with E-state index in [1.165, 1.54) is 0 Å². The van der Waals surface area contributed by atoms with Crippen LogP contribution in [0.2, 0.25) is 0 Å². The van der Waals surface area contributed by atoms with Gasteiger partial charge in [-0.25, -0.2) is 4.79 Å². The molecular weight excluding hydrogens is 208 g/mol. The first-order chi connectivity index (χ1) is 7.65. The van der Waals surface area contributed by atoms with Crippen molar-refractivity contribution in [2.75, 3.05) is 19.8 Å². The summed E-state index contributed by atoms with van der Waals surface area (Å²) in [4.78, 5) is 11.6. The summed E-state index contributed by atoms with van der Waals surface area (Å²) in [6, 6.07) is 0. The predicted octanol–water partition coefficient (Wildman–Crippen LogP) is 2.16. The van der Waals surface area contributed by atoms with Gasteiger partial charge >= 0.3 is 5.97 Å². The Bertz CT molecular complexity index is 182. The molecule has 16 heavy (non-hydrogen) atoms. The van der Waals surface area contributed by atoms with Crippen LogP contribution in [0.4, 0.5) is 0 Å². The lowest BCUT2D eigenvalue weighted by Gasteiger charge is -2.20. The fraction of sp³-hybridized carbons (Fsp3) is 0.917. The van der Waals surface area contributed by atoms with E-state index in [4.69, 9.17) is 14.2 Å². The molecule has 0 aliphatic carbocycles. The maximum Gasteiger partial charge on any atom is 0.335 e. The van der Waals surface area contributed by atoms with Crippen molar-refractivity contribution in [1.82, 2.24) is 0 Å². The molecule has 0 fully saturated rings. The molecule has 96 valence electrons. The van der Waals surface area contributed by atoms with Crippen LogP contribution < -0.4 is 0 Å². The zero-order valence-electron chi connectivity index (χ0n) is 10.8. The fourth-order valence-corrected chi connectivity index (χ4v) is 1.34. The number of hydrogen-bond donors (Lipinski definition) is 0. The Labute approximate surface area is 98.3 Å². The van der Waals surface area contributed by atoms with Gasteiger partial charge in [-0.1, -0.05) is 13.3 Å². The molecule has 0 N–H and O–H groups in total. The van der Waals surface area contributed by atoms with E-state index in [0.717, 1.165) is 6.42 Å². The molecule has 0 rings (SSSR count). The van der Waals surface area contributed by atoms with Crippen molar-refractivity contribution in [3.63, 3.8) is 0 Å². The lowest BCUT2D eigenvalue weighted by atomic mass is 10.2. The second-order valence-electron chi connectivity index (χ2n) is 3.64. The molecule has 4 heteroatoms. The molecular formula is C12H24O4. The van der Waals surface area contributed by atoms with E-state index < -0.39 is 6.10 Å². The Balaban J connectivity index is 4.04. The highest BCUT2D eigenvalue weighted by Gasteiger charge is 2.21. The molecule has 0 heterocycles. The zero-order chi connectivity index (χ0) is 12.4. The monoisotopic (exact) mass is 232 g/mol. The van der Waals surface area contributed by atoms with E-state index in [-0.39, 0.29) is 12.1 Å². The van der Waals surface area contributed by atoms with Gasteiger partial charge in [-0.3, -0.25) is 0 Å². The van der Waals surface area contributed by atoms with Crippen molar-refractivity contribution in [3.05, 3.63) is 0 Å². The van der Waals surface area contributed by atoms with Crippen LogP contribution in [0.1, 0.15) is 40.5 Å². The lowest BCUT2D eigenvalue weighted by Crippen LogP contribution is -2.32. The van der Waals surface area contributed by atoms with Gasteiger partial charge in [-0.05, 0) is 27.2 Å². The number of carbonyl (C=O) groups is 1. The summed E-state index contributed by atoms with van der Waals surface area (Å²) >= 11 is 0. The van der Waals surface area contributed by atoms with Crippen molar-refractivity contribution in [2.45, 2.75) is 52.7 Å². The molecule has 0 aliphatic heterocycles. The van der Waals surface area contributed by atoms with Crippen LogP contribution in [-0.4, -0.2) is 38.0 Å². The van der Waals surface area contributed by atoms with Crippen molar-refractivity contribution in [1.29, 1.82) is 0 Å². The first-order valence-corrected chi connectivity index (χ1v) is 6.05. The number of rotatable bonds is 9. The van der Waals surface area contributed by atoms with Gasteiger partial charge in [0.2, 0.25) is 0 Å².